The number of benzene rings is 1. The van der Waals surface area contributed by atoms with E-state index >= 15 is 0 Å². The number of rotatable bonds is 4. The number of hydrogen-bond donors (Lipinski definition) is 1. The molecule has 2 heteroatoms. The first-order valence-corrected chi connectivity index (χ1v) is 6.27. The molecule has 2 rings (SSSR count). The number of hydrogen-bond acceptors (Lipinski definition) is 2. The van der Waals surface area contributed by atoms with Gasteiger partial charge in [0.1, 0.15) is 0 Å². The van der Waals surface area contributed by atoms with Gasteiger partial charge >= 0.3 is 0 Å². The van der Waals surface area contributed by atoms with Crippen molar-refractivity contribution in [3.8, 4) is 0 Å². The summed E-state index contributed by atoms with van der Waals surface area (Å²) in [6.45, 7) is 4.47. The van der Waals surface area contributed by atoms with Gasteiger partial charge in [0.2, 0.25) is 0 Å². The Morgan fingerprint density at radius 2 is 2.00 bits per heavy atom. The predicted octanol–water partition coefficient (Wildman–Crippen LogP) is 3.67. The van der Waals surface area contributed by atoms with Crippen LogP contribution in [0, 0.1) is 5.92 Å². The van der Waals surface area contributed by atoms with Crippen LogP contribution in [0.2, 0.25) is 0 Å². The zero-order chi connectivity index (χ0) is 12.3. The summed E-state index contributed by atoms with van der Waals surface area (Å²) in [5.74, 6) is 0.711. The Morgan fingerprint density at radius 3 is 2.76 bits per heavy atom. The van der Waals surface area contributed by atoms with E-state index in [1.807, 2.05) is 12.3 Å². The van der Waals surface area contributed by atoms with Crippen molar-refractivity contribution in [2.75, 3.05) is 0 Å². The second-order valence-electron chi connectivity index (χ2n) is 5.03. The van der Waals surface area contributed by atoms with Crippen LogP contribution in [0.25, 0.3) is 10.9 Å². The van der Waals surface area contributed by atoms with E-state index in [0.29, 0.717) is 5.92 Å². The monoisotopic (exact) mass is 228 g/mol. The minimum Gasteiger partial charge on any atom is -0.324 e. The van der Waals surface area contributed by atoms with Crippen molar-refractivity contribution >= 4 is 10.9 Å². The zero-order valence-electron chi connectivity index (χ0n) is 10.6. The lowest BCUT2D eigenvalue weighted by Crippen LogP contribution is -2.11. The van der Waals surface area contributed by atoms with Crippen molar-refractivity contribution in [1.29, 1.82) is 0 Å². The fraction of sp³-hybridized carbons (Fsp3) is 0.400. The second-order valence-corrected chi connectivity index (χ2v) is 5.03. The van der Waals surface area contributed by atoms with Crippen LogP contribution in [0.3, 0.4) is 0 Å². The summed E-state index contributed by atoms with van der Waals surface area (Å²) < 4.78 is 0. The highest BCUT2D eigenvalue weighted by Crippen LogP contribution is 2.22. The molecule has 1 atom stereocenters. The van der Waals surface area contributed by atoms with Gasteiger partial charge in [0.25, 0.3) is 0 Å². The smallest absolute Gasteiger partial charge is 0.0702 e. The summed E-state index contributed by atoms with van der Waals surface area (Å²) in [5.41, 5.74) is 8.46. The van der Waals surface area contributed by atoms with Crippen LogP contribution in [0.15, 0.2) is 36.5 Å². The number of nitrogens with two attached hydrogens (primary N) is 1. The van der Waals surface area contributed by atoms with Crippen molar-refractivity contribution in [2.45, 2.75) is 32.7 Å². The second kappa shape index (κ2) is 5.28. The Labute approximate surface area is 103 Å². The first-order chi connectivity index (χ1) is 8.16. The first kappa shape index (κ1) is 12.1. The summed E-state index contributed by atoms with van der Waals surface area (Å²) in [6.07, 6.45) is 4.04. The molecular formula is C15H20N2. The van der Waals surface area contributed by atoms with Crippen LogP contribution < -0.4 is 5.73 Å². The Kier molecular flexibility index (Phi) is 3.75. The Bertz CT molecular complexity index is 491. The standard InChI is InChI=1S/C15H20N2/c1-11(2)5-7-14(16)12-6-8-15-13(10-12)4-3-9-17-15/h3-4,6,8-11,14H,5,7,16H2,1-2H3. The molecule has 90 valence electrons. The van der Waals surface area contributed by atoms with Crippen molar-refractivity contribution in [3.63, 3.8) is 0 Å². The molecule has 1 aromatic heterocycles. The minimum atomic E-state index is 0.141. The molecule has 0 aliphatic carbocycles. The van der Waals surface area contributed by atoms with E-state index in [0.717, 1.165) is 11.9 Å². The van der Waals surface area contributed by atoms with Gasteiger partial charge in [-0.25, -0.2) is 0 Å². The topological polar surface area (TPSA) is 38.9 Å². The Hall–Kier alpha value is -1.41. The minimum absolute atomic E-state index is 0.141. The Balaban J connectivity index is 2.18. The normalized spacial score (nSPS) is 13.2. The van der Waals surface area contributed by atoms with Gasteiger partial charge in [-0.3, -0.25) is 4.98 Å². The molecular weight excluding hydrogens is 208 g/mol. The van der Waals surface area contributed by atoms with Crippen molar-refractivity contribution in [3.05, 3.63) is 42.1 Å². The fourth-order valence-electron chi connectivity index (χ4n) is 2.00. The molecule has 0 spiro atoms. The lowest BCUT2D eigenvalue weighted by Gasteiger charge is -2.14. The van der Waals surface area contributed by atoms with Gasteiger partial charge < -0.3 is 5.73 Å². The van der Waals surface area contributed by atoms with Crippen LogP contribution in [0.5, 0.6) is 0 Å². The largest absolute Gasteiger partial charge is 0.324 e. The SMILES string of the molecule is CC(C)CCC(N)c1ccc2ncccc2c1. The lowest BCUT2D eigenvalue weighted by atomic mass is 9.97. The molecule has 1 aromatic carbocycles. The van der Waals surface area contributed by atoms with Gasteiger partial charge in [0, 0.05) is 17.6 Å². The van der Waals surface area contributed by atoms with Crippen LogP contribution in [-0.2, 0) is 0 Å². The van der Waals surface area contributed by atoms with E-state index in [4.69, 9.17) is 5.73 Å². The molecule has 2 aromatic rings. The summed E-state index contributed by atoms with van der Waals surface area (Å²) in [6, 6.07) is 10.5. The maximum Gasteiger partial charge on any atom is 0.0702 e. The van der Waals surface area contributed by atoms with Gasteiger partial charge in [-0.05, 0) is 42.5 Å². The highest BCUT2D eigenvalue weighted by atomic mass is 14.7. The van der Waals surface area contributed by atoms with Gasteiger partial charge in [-0.1, -0.05) is 26.0 Å². The van der Waals surface area contributed by atoms with Gasteiger partial charge in [-0.15, -0.1) is 0 Å². The quantitative estimate of drug-likeness (QED) is 0.867. The van der Waals surface area contributed by atoms with E-state index in [1.54, 1.807) is 0 Å². The first-order valence-electron chi connectivity index (χ1n) is 6.27. The summed E-state index contributed by atoms with van der Waals surface area (Å²) in [4.78, 5) is 4.32. The number of pyridine rings is 1. The Morgan fingerprint density at radius 1 is 1.18 bits per heavy atom. The van der Waals surface area contributed by atoms with Crippen molar-refractivity contribution in [1.82, 2.24) is 4.98 Å². The highest BCUT2D eigenvalue weighted by Gasteiger charge is 2.07. The highest BCUT2D eigenvalue weighted by molar-refractivity contribution is 5.79. The van der Waals surface area contributed by atoms with Gasteiger partial charge in [0.05, 0.1) is 5.52 Å². The van der Waals surface area contributed by atoms with Crippen LogP contribution in [0.4, 0.5) is 0 Å². The molecule has 2 N–H and O–H groups in total. The molecule has 0 saturated heterocycles. The van der Waals surface area contributed by atoms with Crippen LogP contribution in [0.1, 0.15) is 38.3 Å². The molecule has 17 heavy (non-hydrogen) atoms. The average Bonchev–Trinajstić information content (AvgIpc) is 2.35. The van der Waals surface area contributed by atoms with Gasteiger partial charge in [0.15, 0.2) is 0 Å². The summed E-state index contributed by atoms with van der Waals surface area (Å²) in [7, 11) is 0. The third-order valence-electron chi connectivity index (χ3n) is 3.11. The van der Waals surface area contributed by atoms with Crippen molar-refractivity contribution in [2.24, 2.45) is 11.7 Å². The van der Waals surface area contributed by atoms with Gasteiger partial charge in [-0.2, -0.15) is 0 Å². The fourth-order valence-corrected chi connectivity index (χ4v) is 2.00. The molecule has 0 saturated carbocycles. The van der Waals surface area contributed by atoms with E-state index in [9.17, 15) is 0 Å². The average molecular weight is 228 g/mol. The van der Waals surface area contributed by atoms with Crippen LogP contribution >= 0.6 is 0 Å². The maximum atomic E-state index is 6.21. The molecule has 0 aliphatic rings. The molecule has 0 radical (unpaired) electrons. The lowest BCUT2D eigenvalue weighted by molar-refractivity contribution is 0.507. The summed E-state index contributed by atoms with van der Waals surface area (Å²) in [5, 5.41) is 1.17. The molecule has 0 fully saturated rings. The predicted molar refractivity (Wildman–Crippen MR) is 72.7 cm³/mol. The maximum absolute atomic E-state index is 6.21. The van der Waals surface area contributed by atoms with Crippen LogP contribution in [-0.4, -0.2) is 4.98 Å². The zero-order valence-corrected chi connectivity index (χ0v) is 10.6. The molecule has 2 nitrogen and oxygen atoms in total. The third kappa shape index (κ3) is 3.04. The number of aromatic nitrogens is 1. The van der Waals surface area contributed by atoms with Crippen molar-refractivity contribution < 1.29 is 0 Å². The molecule has 0 bridgehead atoms. The molecule has 1 heterocycles. The van der Waals surface area contributed by atoms with E-state index in [2.05, 4.69) is 43.1 Å². The molecule has 1 unspecified atom stereocenters. The summed E-state index contributed by atoms with van der Waals surface area (Å²) >= 11 is 0. The van der Waals surface area contributed by atoms with E-state index in [1.165, 1.54) is 17.4 Å². The third-order valence-corrected chi connectivity index (χ3v) is 3.11. The molecule has 0 amide bonds. The van der Waals surface area contributed by atoms with E-state index < -0.39 is 0 Å². The van der Waals surface area contributed by atoms with E-state index in [-0.39, 0.29) is 6.04 Å². The molecule has 0 aliphatic heterocycles. The number of fused-ring (bicyclic) bond motifs is 1. The number of nitrogens with zero attached hydrogens (tertiary/aromatic N) is 1.